The molecule has 0 aromatic heterocycles. The minimum Gasteiger partial charge on any atom is -0.396 e. The van der Waals surface area contributed by atoms with Gasteiger partial charge in [-0.2, -0.15) is 0 Å². The topological polar surface area (TPSA) is 60.7 Å². The minimum atomic E-state index is -0.376. The van der Waals surface area contributed by atoms with Gasteiger partial charge in [-0.15, -0.1) is 0 Å². The Morgan fingerprint density at radius 3 is 2.35 bits per heavy atom. The van der Waals surface area contributed by atoms with Crippen molar-refractivity contribution in [2.75, 3.05) is 13.2 Å². The van der Waals surface area contributed by atoms with Gasteiger partial charge >= 0.3 is 0 Å². The van der Waals surface area contributed by atoms with Gasteiger partial charge in [0.2, 0.25) is 0 Å². The van der Waals surface area contributed by atoms with Crippen LogP contribution in [0, 0.1) is 33.5 Å². The molecular weight excluding hydrogens is 288 g/mol. The van der Waals surface area contributed by atoms with E-state index in [0.29, 0.717) is 11.8 Å². The van der Waals surface area contributed by atoms with Crippen LogP contribution in [-0.2, 0) is 0 Å². The van der Waals surface area contributed by atoms with Crippen LogP contribution in [0.1, 0.15) is 58.8 Å². The molecule has 7 atom stereocenters. The van der Waals surface area contributed by atoms with Crippen LogP contribution in [0.4, 0.5) is 0 Å². The van der Waals surface area contributed by atoms with Gasteiger partial charge in [0.05, 0.1) is 19.3 Å². The molecule has 3 heteroatoms. The smallest absolute Gasteiger partial charge is 0.0618 e. The molecule has 0 aromatic carbocycles. The average Bonchev–Trinajstić information content (AvgIpc) is 2.83. The third-order valence-electron chi connectivity index (χ3n) is 8.73. The lowest BCUT2D eigenvalue weighted by molar-refractivity contribution is -0.195. The van der Waals surface area contributed by atoms with Gasteiger partial charge in [-0.3, -0.25) is 0 Å². The first kappa shape index (κ1) is 16.1. The van der Waals surface area contributed by atoms with Gasteiger partial charge < -0.3 is 15.3 Å². The van der Waals surface area contributed by atoms with E-state index in [1.807, 2.05) is 0 Å². The molecule has 130 valence electrons. The summed E-state index contributed by atoms with van der Waals surface area (Å²) in [6, 6.07) is 0. The van der Waals surface area contributed by atoms with Crippen molar-refractivity contribution < 1.29 is 15.3 Å². The lowest BCUT2D eigenvalue weighted by Gasteiger charge is -2.65. The van der Waals surface area contributed by atoms with E-state index in [4.69, 9.17) is 0 Å². The Morgan fingerprint density at radius 2 is 1.65 bits per heavy atom. The first-order chi connectivity index (χ1) is 10.8. The number of hydrogen-bond donors (Lipinski definition) is 3. The van der Waals surface area contributed by atoms with Gasteiger partial charge in [0.15, 0.2) is 0 Å². The van der Waals surface area contributed by atoms with E-state index in [-0.39, 0.29) is 41.0 Å². The Balaban J connectivity index is 1.72. The summed E-state index contributed by atoms with van der Waals surface area (Å²) < 4.78 is 0. The predicted octanol–water partition coefficient (Wildman–Crippen LogP) is 2.89. The summed E-state index contributed by atoms with van der Waals surface area (Å²) >= 11 is 0. The number of hydrogen-bond acceptors (Lipinski definition) is 3. The number of aliphatic hydroxyl groups excluding tert-OH is 3. The van der Waals surface area contributed by atoms with Crippen LogP contribution in [0.25, 0.3) is 0 Å². The lowest BCUT2D eigenvalue weighted by atomic mass is 9.40. The van der Waals surface area contributed by atoms with E-state index in [9.17, 15) is 15.3 Å². The zero-order valence-corrected chi connectivity index (χ0v) is 14.6. The Bertz CT molecular complexity index is 531. The molecule has 2 bridgehead atoms. The maximum absolute atomic E-state index is 10.6. The maximum atomic E-state index is 10.6. The number of fused-ring (bicyclic) bond motifs is 3. The summed E-state index contributed by atoms with van der Waals surface area (Å²) in [7, 11) is 0. The number of rotatable bonds is 2. The molecule has 0 amide bonds. The molecule has 3 N–H and O–H groups in total. The standard InChI is InChI=1S/C20H32O3/c1-17-6-5-16(23)18(2,12-21)14(17)4-8-20-10-9-19(11-20,13-22)7-3-15(17)20/h9-10,14-16,21-23H,3-8,11-13H2,1-2H3/t14-,15-,16+,17-,18+,19+,20+/m1/s1. The van der Waals surface area contributed by atoms with E-state index >= 15 is 0 Å². The van der Waals surface area contributed by atoms with E-state index in [1.54, 1.807) is 0 Å². The second kappa shape index (κ2) is 4.83. The van der Waals surface area contributed by atoms with Gasteiger partial charge in [0, 0.05) is 10.8 Å². The Labute approximate surface area is 139 Å². The maximum Gasteiger partial charge on any atom is 0.0618 e. The Hall–Kier alpha value is -0.380. The third kappa shape index (κ3) is 1.88. The minimum absolute atomic E-state index is 0.0359. The Morgan fingerprint density at radius 1 is 0.913 bits per heavy atom. The molecule has 3 nitrogen and oxygen atoms in total. The van der Waals surface area contributed by atoms with E-state index in [2.05, 4.69) is 26.0 Å². The second-order valence-corrected chi connectivity index (χ2v) is 9.67. The van der Waals surface area contributed by atoms with Crippen molar-refractivity contribution in [1.29, 1.82) is 0 Å². The normalized spacial score (nSPS) is 57.9. The number of aliphatic hydroxyl groups is 3. The summed E-state index contributed by atoms with van der Waals surface area (Å²) in [6.07, 6.45) is 11.9. The fourth-order valence-electron chi connectivity index (χ4n) is 7.41. The molecule has 4 aliphatic rings. The van der Waals surface area contributed by atoms with E-state index < -0.39 is 0 Å². The van der Waals surface area contributed by atoms with Crippen LogP contribution in [0.2, 0.25) is 0 Å². The summed E-state index contributed by atoms with van der Waals surface area (Å²) in [5.41, 5.74) is 0.132. The molecule has 4 rings (SSSR count). The van der Waals surface area contributed by atoms with Crippen molar-refractivity contribution in [2.24, 2.45) is 33.5 Å². The highest BCUT2D eigenvalue weighted by Crippen LogP contribution is 2.71. The van der Waals surface area contributed by atoms with Crippen LogP contribution < -0.4 is 0 Å². The molecule has 1 spiro atoms. The first-order valence-corrected chi connectivity index (χ1v) is 9.44. The summed E-state index contributed by atoms with van der Waals surface area (Å²) in [6.45, 7) is 4.90. The molecule has 0 aliphatic heterocycles. The molecule has 3 fully saturated rings. The second-order valence-electron chi connectivity index (χ2n) is 9.67. The average molecular weight is 320 g/mol. The largest absolute Gasteiger partial charge is 0.396 e. The Kier molecular flexibility index (Phi) is 3.38. The molecule has 0 heterocycles. The van der Waals surface area contributed by atoms with Gasteiger partial charge in [0.25, 0.3) is 0 Å². The highest BCUT2D eigenvalue weighted by molar-refractivity contribution is 5.26. The highest BCUT2D eigenvalue weighted by Gasteiger charge is 2.65. The zero-order chi connectivity index (χ0) is 16.5. The molecule has 0 aromatic rings. The van der Waals surface area contributed by atoms with Crippen LogP contribution in [0.3, 0.4) is 0 Å². The summed E-state index contributed by atoms with van der Waals surface area (Å²) in [4.78, 5) is 0. The monoisotopic (exact) mass is 320 g/mol. The SMILES string of the molecule is C[C@]1(CO)[C@@H]2CC[C@@]34C=C[C@@](CO)(CC[C@@H]3[C@]2(C)CC[C@@H]1O)C4. The third-order valence-corrected chi connectivity index (χ3v) is 8.73. The fraction of sp³-hybridized carbons (Fsp3) is 0.900. The zero-order valence-electron chi connectivity index (χ0n) is 14.6. The molecule has 0 radical (unpaired) electrons. The van der Waals surface area contributed by atoms with Crippen LogP contribution >= 0.6 is 0 Å². The van der Waals surface area contributed by atoms with E-state index in [0.717, 1.165) is 38.5 Å². The van der Waals surface area contributed by atoms with Crippen molar-refractivity contribution in [3.63, 3.8) is 0 Å². The van der Waals surface area contributed by atoms with Gasteiger partial charge in [-0.25, -0.2) is 0 Å². The van der Waals surface area contributed by atoms with Crippen molar-refractivity contribution >= 4 is 0 Å². The van der Waals surface area contributed by atoms with Crippen molar-refractivity contribution in [3.05, 3.63) is 12.2 Å². The van der Waals surface area contributed by atoms with Gasteiger partial charge in [-0.05, 0) is 67.6 Å². The quantitative estimate of drug-likeness (QED) is 0.686. The van der Waals surface area contributed by atoms with Crippen LogP contribution in [0.15, 0.2) is 12.2 Å². The summed E-state index contributed by atoms with van der Waals surface area (Å²) in [5.74, 6) is 1.03. The van der Waals surface area contributed by atoms with Gasteiger partial charge in [0.1, 0.15) is 0 Å². The van der Waals surface area contributed by atoms with Crippen LogP contribution in [0.5, 0.6) is 0 Å². The summed E-state index contributed by atoms with van der Waals surface area (Å²) in [5, 5.41) is 30.5. The highest BCUT2D eigenvalue weighted by atomic mass is 16.3. The molecule has 0 saturated heterocycles. The molecule has 0 unspecified atom stereocenters. The van der Waals surface area contributed by atoms with Gasteiger partial charge in [-0.1, -0.05) is 26.0 Å². The lowest BCUT2D eigenvalue weighted by Crippen LogP contribution is -2.61. The number of allylic oxidation sites excluding steroid dienone is 1. The predicted molar refractivity (Wildman–Crippen MR) is 89.7 cm³/mol. The van der Waals surface area contributed by atoms with Crippen LogP contribution in [-0.4, -0.2) is 34.6 Å². The van der Waals surface area contributed by atoms with E-state index in [1.165, 1.54) is 6.42 Å². The van der Waals surface area contributed by atoms with Crippen molar-refractivity contribution in [1.82, 2.24) is 0 Å². The molecule has 23 heavy (non-hydrogen) atoms. The molecule has 3 saturated carbocycles. The first-order valence-electron chi connectivity index (χ1n) is 9.44. The van der Waals surface area contributed by atoms with Crippen molar-refractivity contribution in [3.8, 4) is 0 Å². The molecule has 4 aliphatic carbocycles. The fourth-order valence-corrected chi connectivity index (χ4v) is 7.41. The van der Waals surface area contributed by atoms with Crippen molar-refractivity contribution in [2.45, 2.75) is 64.9 Å². The molecular formula is C20H32O3.